The molecule has 2 aliphatic carbocycles. The summed E-state index contributed by atoms with van der Waals surface area (Å²) in [6.07, 6.45) is 21.8. The molecule has 194 valence electrons. The van der Waals surface area contributed by atoms with Gasteiger partial charge in [-0.1, -0.05) is 136 Å². The molecule has 3 rings (SSSR count). The van der Waals surface area contributed by atoms with E-state index in [4.69, 9.17) is 0 Å². The summed E-state index contributed by atoms with van der Waals surface area (Å²) in [6, 6.07) is 4.58. The molecule has 0 amide bonds. The summed E-state index contributed by atoms with van der Waals surface area (Å²) >= 11 is 0. The molecule has 0 radical (unpaired) electrons. The smallest absolute Gasteiger partial charge is 0.00698 e. The van der Waals surface area contributed by atoms with Crippen molar-refractivity contribution in [2.24, 2.45) is 5.92 Å². The largest absolute Gasteiger partial charge is 0.0952 e. The molecular weight excluding hydrogens is 408 g/mol. The fourth-order valence-electron chi connectivity index (χ4n) is 4.37. The highest BCUT2D eigenvalue weighted by Gasteiger charge is 2.30. The van der Waals surface area contributed by atoms with Crippen LogP contribution in [0.2, 0.25) is 0 Å². The van der Waals surface area contributed by atoms with Gasteiger partial charge in [0.2, 0.25) is 0 Å². The van der Waals surface area contributed by atoms with E-state index in [1.54, 1.807) is 11.1 Å². The Kier molecular flexibility index (Phi) is 18.8. The number of benzene rings is 1. The second-order valence-electron chi connectivity index (χ2n) is 9.74. The molecule has 2 aliphatic rings. The van der Waals surface area contributed by atoms with Crippen LogP contribution in [0.3, 0.4) is 0 Å². The first-order valence-electron chi connectivity index (χ1n) is 14.6. The van der Waals surface area contributed by atoms with Gasteiger partial charge in [0.15, 0.2) is 0 Å². The number of allylic oxidation sites excluding steroid dienone is 5. The fraction of sp³-hybridized carbons (Fsp3) is 0.647. The van der Waals surface area contributed by atoms with Crippen molar-refractivity contribution < 1.29 is 0 Å². The van der Waals surface area contributed by atoms with Crippen molar-refractivity contribution in [2.45, 2.75) is 139 Å². The van der Waals surface area contributed by atoms with Crippen molar-refractivity contribution in [1.82, 2.24) is 0 Å². The Bertz CT molecular complexity index is 731. The van der Waals surface area contributed by atoms with Crippen LogP contribution >= 0.6 is 0 Å². The van der Waals surface area contributed by atoms with Gasteiger partial charge in [-0.05, 0) is 72.8 Å². The van der Waals surface area contributed by atoms with Crippen LogP contribution in [0, 0.1) is 12.8 Å². The zero-order valence-electron chi connectivity index (χ0n) is 24.5. The van der Waals surface area contributed by atoms with E-state index in [0.717, 1.165) is 12.3 Å². The molecule has 0 saturated carbocycles. The maximum absolute atomic E-state index is 4.07. The lowest BCUT2D eigenvalue weighted by Crippen LogP contribution is -1.98. The predicted octanol–water partition coefficient (Wildman–Crippen LogP) is 12.0. The second-order valence-corrected chi connectivity index (χ2v) is 9.74. The Hall–Kier alpha value is -1.56. The molecule has 0 bridgehead atoms. The number of rotatable bonds is 10. The van der Waals surface area contributed by atoms with Gasteiger partial charge in [-0.15, -0.1) is 0 Å². The highest BCUT2D eigenvalue weighted by molar-refractivity contribution is 5.70. The Morgan fingerprint density at radius 2 is 1.56 bits per heavy atom. The third-order valence-electron chi connectivity index (χ3n) is 6.68. The topological polar surface area (TPSA) is 0 Å². The minimum absolute atomic E-state index is 0.707. The standard InChI is InChI=1S/C16H28.C13H16.C3H8.C2H6/c1-3-5-6-7-8-9-10-16-13-11-15(4-2)12-14-16;1-5-8(2)11-6-9(3)13-10(4)12(13)7-11;1-3-2;1-2/h11,13-15H,3-10,12H2,1-2H3;6-7,10H,2,5H2,1,3-4H3;3H2,1-2H3;1-2H3. The zero-order valence-corrected chi connectivity index (χ0v) is 24.5. The molecule has 0 saturated heterocycles. The minimum Gasteiger partial charge on any atom is -0.0952 e. The quantitative estimate of drug-likeness (QED) is 0.301. The maximum Gasteiger partial charge on any atom is 0.00698 e. The third-order valence-corrected chi connectivity index (χ3v) is 6.68. The van der Waals surface area contributed by atoms with E-state index >= 15 is 0 Å². The third kappa shape index (κ3) is 12.2. The van der Waals surface area contributed by atoms with Crippen LogP contribution in [0.25, 0.3) is 5.57 Å². The van der Waals surface area contributed by atoms with Gasteiger partial charge >= 0.3 is 0 Å². The van der Waals surface area contributed by atoms with Gasteiger partial charge in [0, 0.05) is 5.92 Å². The van der Waals surface area contributed by atoms with Crippen molar-refractivity contribution in [3.63, 3.8) is 0 Å². The summed E-state index contributed by atoms with van der Waals surface area (Å²) < 4.78 is 0. The van der Waals surface area contributed by atoms with E-state index < -0.39 is 0 Å². The van der Waals surface area contributed by atoms with E-state index in [1.165, 1.54) is 86.5 Å². The van der Waals surface area contributed by atoms with E-state index in [2.05, 4.69) is 85.4 Å². The normalized spacial score (nSPS) is 17.0. The molecule has 34 heavy (non-hydrogen) atoms. The summed E-state index contributed by atoms with van der Waals surface area (Å²) in [7, 11) is 0. The van der Waals surface area contributed by atoms with Crippen LogP contribution < -0.4 is 0 Å². The van der Waals surface area contributed by atoms with Gasteiger partial charge in [0.1, 0.15) is 0 Å². The number of aryl methyl sites for hydroxylation is 1. The molecule has 2 unspecified atom stereocenters. The molecule has 0 aliphatic heterocycles. The first-order valence-corrected chi connectivity index (χ1v) is 14.6. The molecular formula is C34H58. The average Bonchev–Trinajstić information content (AvgIpc) is 3.53. The summed E-state index contributed by atoms with van der Waals surface area (Å²) in [4.78, 5) is 0. The number of fused-ring (bicyclic) bond motifs is 1. The highest BCUT2D eigenvalue weighted by Crippen LogP contribution is 2.46. The van der Waals surface area contributed by atoms with E-state index in [9.17, 15) is 0 Å². The highest BCUT2D eigenvalue weighted by atomic mass is 14.3. The van der Waals surface area contributed by atoms with Crippen LogP contribution in [0.15, 0.2) is 42.5 Å². The van der Waals surface area contributed by atoms with Gasteiger partial charge in [-0.3, -0.25) is 0 Å². The Morgan fingerprint density at radius 1 is 0.941 bits per heavy atom. The van der Waals surface area contributed by atoms with Gasteiger partial charge in [0.25, 0.3) is 0 Å². The SMILES string of the molecule is C=C(CC)c1cc(C)c2c(c1)C2C.CC.CCC.CCCCCCCCC1=CCC(CC)C=C1. The van der Waals surface area contributed by atoms with Crippen molar-refractivity contribution >= 4 is 5.57 Å². The van der Waals surface area contributed by atoms with Gasteiger partial charge in [-0.2, -0.15) is 0 Å². The van der Waals surface area contributed by atoms with Crippen molar-refractivity contribution in [1.29, 1.82) is 0 Å². The van der Waals surface area contributed by atoms with Crippen molar-refractivity contribution in [3.8, 4) is 0 Å². The van der Waals surface area contributed by atoms with E-state index in [-0.39, 0.29) is 0 Å². The van der Waals surface area contributed by atoms with Gasteiger partial charge < -0.3 is 0 Å². The van der Waals surface area contributed by atoms with Crippen LogP contribution in [0.4, 0.5) is 0 Å². The lowest BCUT2D eigenvalue weighted by atomic mass is 9.92. The number of unbranched alkanes of at least 4 members (excludes halogenated alkanes) is 5. The second kappa shape index (κ2) is 19.7. The summed E-state index contributed by atoms with van der Waals surface area (Å²) in [5.74, 6) is 1.52. The first-order chi connectivity index (χ1) is 16.4. The molecule has 0 fully saturated rings. The van der Waals surface area contributed by atoms with Gasteiger partial charge in [-0.25, -0.2) is 0 Å². The summed E-state index contributed by atoms with van der Waals surface area (Å²) in [5, 5.41) is 0. The number of hydrogen-bond acceptors (Lipinski definition) is 0. The summed E-state index contributed by atoms with van der Waals surface area (Å²) in [6.45, 7) is 23.5. The number of hydrogen-bond donors (Lipinski definition) is 0. The Morgan fingerprint density at radius 3 is 2.06 bits per heavy atom. The minimum atomic E-state index is 0.707. The van der Waals surface area contributed by atoms with Crippen LogP contribution in [0.1, 0.15) is 154 Å². The lowest BCUT2D eigenvalue weighted by molar-refractivity contribution is 0.599. The van der Waals surface area contributed by atoms with Crippen LogP contribution in [-0.2, 0) is 0 Å². The van der Waals surface area contributed by atoms with Crippen LogP contribution in [-0.4, -0.2) is 0 Å². The summed E-state index contributed by atoms with van der Waals surface area (Å²) in [5.41, 5.74) is 8.71. The maximum atomic E-state index is 4.07. The molecule has 0 spiro atoms. The van der Waals surface area contributed by atoms with Gasteiger partial charge in [0.05, 0.1) is 0 Å². The molecule has 2 atom stereocenters. The molecule has 1 aromatic rings. The molecule has 0 nitrogen and oxygen atoms in total. The molecule has 1 aromatic carbocycles. The predicted molar refractivity (Wildman–Crippen MR) is 159 cm³/mol. The molecule has 0 N–H and O–H groups in total. The first kappa shape index (κ1) is 32.4. The fourth-order valence-corrected chi connectivity index (χ4v) is 4.37. The molecule has 0 heterocycles. The van der Waals surface area contributed by atoms with Crippen molar-refractivity contribution in [2.75, 3.05) is 0 Å². The Balaban J connectivity index is 0.000000545. The van der Waals surface area contributed by atoms with Crippen LogP contribution in [0.5, 0.6) is 0 Å². The Labute approximate surface area is 215 Å². The van der Waals surface area contributed by atoms with E-state index in [0.29, 0.717) is 5.92 Å². The molecule has 0 aromatic heterocycles. The monoisotopic (exact) mass is 466 g/mol. The molecule has 0 heteroatoms. The zero-order chi connectivity index (χ0) is 25.9. The van der Waals surface area contributed by atoms with Crippen molar-refractivity contribution in [3.05, 3.63) is 64.8 Å². The average molecular weight is 467 g/mol. The van der Waals surface area contributed by atoms with E-state index in [1.807, 2.05) is 13.8 Å². The lowest BCUT2D eigenvalue weighted by Gasteiger charge is -2.14.